The maximum absolute atomic E-state index is 11.4. The molecule has 0 radical (unpaired) electrons. The standard InChI is InChI=1S/C25H34N2O/c1-17-14-18(16-27-22-11-9-21(10-12-22)25(2,3)4)8-13-23(17)19-6-5-7-20(15-19)24(26)28/h5-8,13-15,21-22,27H,9-12,16H2,1-4H3,(H2,26,28). The van der Waals surface area contributed by atoms with Gasteiger partial charge in [0.15, 0.2) is 0 Å². The summed E-state index contributed by atoms with van der Waals surface area (Å²) in [7, 11) is 0. The van der Waals surface area contributed by atoms with Crippen LogP contribution in [0, 0.1) is 18.3 Å². The molecule has 2 aromatic carbocycles. The molecule has 0 unspecified atom stereocenters. The van der Waals surface area contributed by atoms with Crippen LogP contribution in [-0.4, -0.2) is 11.9 Å². The lowest BCUT2D eigenvalue weighted by atomic mass is 9.71. The number of aryl methyl sites for hydroxylation is 1. The van der Waals surface area contributed by atoms with E-state index in [4.69, 9.17) is 5.73 Å². The lowest BCUT2D eigenvalue weighted by Crippen LogP contribution is -2.35. The van der Waals surface area contributed by atoms with E-state index in [1.165, 1.54) is 36.8 Å². The number of nitrogens with one attached hydrogen (secondary N) is 1. The third kappa shape index (κ3) is 5.02. The predicted octanol–water partition coefficient (Wildman–Crippen LogP) is 5.46. The highest BCUT2D eigenvalue weighted by Gasteiger charge is 2.29. The Morgan fingerprint density at radius 2 is 1.79 bits per heavy atom. The molecule has 0 heterocycles. The number of nitrogens with two attached hydrogens (primary N) is 1. The van der Waals surface area contributed by atoms with Crippen LogP contribution in [0.4, 0.5) is 0 Å². The van der Waals surface area contributed by atoms with Gasteiger partial charge in [-0.05, 0) is 78.3 Å². The predicted molar refractivity (Wildman–Crippen MR) is 117 cm³/mol. The van der Waals surface area contributed by atoms with Crippen molar-refractivity contribution in [2.24, 2.45) is 17.1 Å². The molecule has 3 N–H and O–H groups in total. The van der Waals surface area contributed by atoms with Crippen molar-refractivity contribution < 1.29 is 4.79 Å². The summed E-state index contributed by atoms with van der Waals surface area (Å²) in [4.78, 5) is 11.4. The summed E-state index contributed by atoms with van der Waals surface area (Å²) in [5, 5.41) is 3.76. The van der Waals surface area contributed by atoms with Gasteiger partial charge in [0.25, 0.3) is 0 Å². The minimum absolute atomic E-state index is 0.387. The largest absolute Gasteiger partial charge is 0.366 e. The molecule has 0 spiro atoms. The van der Waals surface area contributed by atoms with Crippen molar-refractivity contribution in [2.75, 3.05) is 0 Å². The maximum atomic E-state index is 11.4. The topological polar surface area (TPSA) is 55.1 Å². The highest BCUT2D eigenvalue weighted by Crippen LogP contribution is 2.37. The van der Waals surface area contributed by atoms with Crippen molar-refractivity contribution in [1.82, 2.24) is 5.32 Å². The van der Waals surface area contributed by atoms with Crippen LogP contribution < -0.4 is 11.1 Å². The van der Waals surface area contributed by atoms with Crippen LogP contribution in [0.3, 0.4) is 0 Å². The lowest BCUT2D eigenvalue weighted by molar-refractivity contribution is 0.100. The van der Waals surface area contributed by atoms with Crippen LogP contribution in [0.15, 0.2) is 42.5 Å². The first-order valence-corrected chi connectivity index (χ1v) is 10.5. The number of rotatable bonds is 5. The zero-order chi connectivity index (χ0) is 20.3. The Labute approximate surface area is 169 Å². The lowest BCUT2D eigenvalue weighted by Gasteiger charge is -2.37. The number of hydrogen-bond acceptors (Lipinski definition) is 2. The van der Waals surface area contributed by atoms with Gasteiger partial charge in [-0.3, -0.25) is 4.79 Å². The third-order valence-electron chi connectivity index (χ3n) is 6.30. The average molecular weight is 379 g/mol. The molecule has 1 aliphatic carbocycles. The van der Waals surface area contributed by atoms with Gasteiger partial charge in [0, 0.05) is 18.2 Å². The van der Waals surface area contributed by atoms with E-state index in [2.05, 4.69) is 51.2 Å². The zero-order valence-electron chi connectivity index (χ0n) is 17.7. The van der Waals surface area contributed by atoms with Crippen LogP contribution in [0.1, 0.15) is 67.9 Å². The molecule has 3 nitrogen and oxygen atoms in total. The van der Waals surface area contributed by atoms with Gasteiger partial charge in [-0.1, -0.05) is 51.1 Å². The van der Waals surface area contributed by atoms with Crippen LogP contribution in [0.2, 0.25) is 0 Å². The Morgan fingerprint density at radius 1 is 1.07 bits per heavy atom. The normalized spacial score (nSPS) is 20.1. The highest BCUT2D eigenvalue weighted by molar-refractivity contribution is 5.94. The molecule has 0 aromatic heterocycles. The van der Waals surface area contributed by atoms with Gasteiger partial charge in [-0.2, -0.15) is 0 Å². The van der Waals surface area contributed by atoms with E-state index in [9.17, 15) is 4.79 Å². The maximum Gasteiger partial charge on any atom is 0.248 e. The summed E-state index contributed by atoms with van der Waals surface area (Å²) in [6, 6.07) is 14.8. The van der Waals surface area contributed by atoms with E-state index in [1.54, 1.807) is 6.07 Å². The van der Waals surface area contributed by atoms with Crippen molar-refractivity contribution in [3.63, 3.8) is 0 Å². The SMILES string of the molecule is Cc1cc(CNC2CCC(C(C)(C)C)CC2)ccc1-c1cccc(C(N)=O)c1. The van der Waals surface area contributed by atoms with Gasteiger partial charge < -0.3 is 11.1 Å². The van der Waals surface area contributed by atoms with Gasteiger partial charge in [0.1, 0.15) is 0 Å². The summed E-state index contributed by atoms with van der Waals surface area (Å²) in [5.74, 6) is 0.463. The van der Waals surface area contributed by atoms with Gasteiger partial charge in [0.2, 0.25) is 5.91 Å². The van der Waals surface area contributed by atoms with Gasteiger partial charge in [0.05, 0.1) is 0 Å². The van der Waals surface area contributed by atoms with E-state index in [0.717, 1.165) is 23.6 Å². The molecule has 1 fully saturated rings. The molecule has 1 saturated carbocycles. The van der Waals surface area contributed by atoms with Gasteiger partial charge in [-0.15, -0.1) is 0 Å². The van der Waals surface area contributed by atoms with E-state index >= 15 is 0 Å². The van der Waals surface area contributed by atoms with Gasteiger partial charge in [-0.25, -0.2) is 0 Å². The summed E-state index contributed by atoms with van der Waals surface area (Å²) in [5.41, 5.74) is 11.1. The van der Waals surface area contributed by atoms with Crippen LogP contribution >= 0.6 is 0 Å². The molecular formula is C25H34N2O. The number of benzene rings is 2. The number of primary amides is 1. The van der Waals surface area contributed by atoms with E-state index in [0.29, 0.717) is 17.0 Å². The van der Waals surface area contributed by atoms with E-state index in [1.807, 2.05) is 18.2 Å². The fraction of sp³-hybridized carbons (Fsp3) is 0.480. The Morgan fingerprint density at radius 3 is 2.39 bits per heavy atom. The van der Waals surface area contributed by atoms with Crippen molar-refractivity contribution >= 4 is 5.91 Å². The van der Waals surface area contributed by atoms with Crippen LogP contribution in [0.25, 0.3) is 11.1 Å². The monoisotopic (exact) mass is 378 g/mol. The van der Waals surface area contributed by atoms with Crippen molar-refractivity contribution in [3.05, 3.63) is 59.2 Å². The first-order chi connectivity index (χ1) is 13.2. The fourth-order valence-corrected chi connectivity index (χ4v) is 4.43. The molecule has 3 heteroatoms. The number of amides is 1. The Bertz CT molecular complexity index is 827. The second-order valence-corrected chi connectivity index (χ2v) is 9.39. The molecular weight excluding hydrogens is 344 g/mol. The molecule has 0 aliphatic heterocycles. The summed E-state index contributed by atoms with van der Waals surface area (Å²) in [6.45, 7) is 10.1. The number of carbonyl (C=O) groups excluding carboxylic acids is 1. The van der Waals surface area contributed by atoms with Crippen LogP contribution in [-0.2, 0) is 6.54 Å². The molecule has 1 aliphatic rings. The molecule has 150 valence electrons. The van der Waals surface area contributed by atoms with Gasteiger partial charge >= 0.3 is 0 Å². The quantitative estimate of drug-likeness (QED) is 0.726. The van der Waals surface area contributed by atoms with E-state index < -0.39 is 0 Å². The molecule has 1 amide bonds. The molecule has 28 heavy (non-hydrogen) atoms. The second-order valence-electron chi connectivity index (χ2n) is 9.39. The fourth-order valence-electron chi connectivity index (χ4n) is 4.43. The summed E-state index contributed by atoms with van der Waals surface area (Å²) < 4.78 is 0. The minimum atomic E-state index is -0.387. The molecule has 0 bridgehead atoms. The minimum Gasteiger partial charge on any atom is -0.366 e. The summed E-state index contributed by atoms with van der Waals surface area (Å²) in [6.07, 6.45) is 5.21. The number of hydrogen-bond donors (Lipinski definition) is 2. The van der Waals surface area contributed by atoms with Crippen molar-refractivity contribution in [1.29, 1.82) is 0 Å². The highest BCUT2D eigenvalue weighted by atomic mass is 16.1. The molecule has 3 rings (SSSR count). The third-order valence-corrected chi connectivity index (χ3v) is 6.30. The van der Waals surface area contributed by atoms with Crippen molar-refractivity contribution in [3.8, 4) is 11.1 Å². The molecule has 0 atom stereocenters. The van der Waals surface area contributed by atoms with Crippen LogP contribution in [0.5, 0.6) is 0 Å². The number of carbonyl (C=O) groups is 1. The zero-order valence-corrected chi connectivity index (χ0v) is 17.7. The smallest absolute Gasteiger partial charge is 0.248 e. The Hall–Kier alpha value is -2.13. The average Bonchev–Trinajstić information content (AvgIpc) is 2.66. The summed E-state index contributed by atoms with van der Waals surface area (Å²) >= 11 is 0. The Kier molecular flexibility index (Phi) is 6.24. The molecule has 0 saturated heterocycles. The Balaban J connectivity index is 1.61. The van der Waals surface area contributed by atoms with E-state index in [-0.39, 0.29) is 5.91 Å². The first-order valence-electron chi connectivity index (χ1n) is 10.5. The van der Waals surface area contributed by atoms with Crippen molar-refractivity contribution in [2.45, 2.75) is 66.0 Å². The molecule has 2 aromatic rings. The first kappa shape index (κ1) is 20.6. The second kappa shape index (κ2) is 8.48.